The van der Waals surface area contributed by atoms with Crippen molar-refractivity contribution in [1.82, 2.24) is 20.4 Å². The quantitative estimate of drug-likeness (QED) is 0.743. The maximum absolute atomic E-state index is 13.1. The molecule has 3 amide bonds. The Morgan fingerprint density at radius 1 is 1.17 bits per heavy atom. The molecule has 0 aromatic heterocycles. The number of piperazine rings is 1. The summed E-state index contributed by atoms with van der Waals surface area (Å²) in [5.74, 6) is 0.0387. The third-order valence-corrected chi connectivity index (χ3v) is 7.26. The van der Waals surface area contributed by atoms with E-state index in [9.17, 15) is 14.4 Å². The van der Waals surface area contributed by atoms with Gasteiger partial charge in [0, 0.05) is 50.2 Å². The van der Waals surface area contributed by atoms with E-state index in [-0.39, 0.29) is 29.7 Å². The smallest absolute Gasteiger partial charge is 0.255 e. The average Bonchev–Trinajstić information content (AvgIpc) is 3.50. The number of hydrogen-bond acceptors (Lipinski definition) is 5. The molecule has 2 N–H and O–H groups in total. The van der Waals surface area contributed by atoms with Gasteiger partial charge in [-0.2, -0.15) is 0 Å². The van der Waals surface area contributed by atoms with Gasteiger partial charge in [0.25, 0.3) is 5.91 Å². The van der Waals surface area contributed by atoms with Crippen LogP contribution in [0.15, 0.2) is 18.2 Å². The van der Waals surface area contributed by atoms with Gasteiger partial charge < -0.3 is 10.2 Å². The summed E-state index contributed by atoms with van der Waals surface area (Å²) in [5.41, 5.74) is 3.08. The van der Waals surface area contributed by atoms with Crippen molar-refractivity contribution in [1.29, 1.82) is 0 Å². The van der Waals surface area contributed by atoms with E-state index in [4.69, 9.17) is 0 Å². The first kappa shape index (κ1) is 18.8. The van der Waals surface area contributed by atoms with E-state index in [1.165, 1.54) is 18.4 Å². The zero-order chi connectivity index (χ0) is 20.2. The summed E-state index contributed by atoms with van der Waals surface area (Å²) in [6.45, 7) is 6.63. The maximum Gasteiger partial charge on any atom is 0.255 e. The maximum atomic E-state index is 13.1. The van der Waals surface area contributed by atoms with Crippen molar-refractivity contribution in [3.05, 3.63) is 34.9 Å². The number of rotatable bonds is 4. The van der Waals surface area contributed by atoms with Gasteiger partial charge in [-0.05, 0) is 49.3 Å². The number of carbonyl (C=O) groups excluding carboxylic acids is 3. The molecule has 1 aromatic carbocycles. The molecular weight excluding hydrogens is 368 g/mol. The molecule has 154 valence electrons. The first-order valence-corrected chi connectivity index (χ1v) is 10.7. The van der Waals surface area contributed by atoms with Crippen LogP contribution in [0.5, 0.6) is 0 Å². The lowest BCUT2D eigenvalue weighted by molar-refractivity contribution is -0.136. The molecule has 1 aromatic rings. The SMILES string of the molecule is CC1(C2CC2)CNCCN1Cc1cccc2c1CN(C1CCC(=O)NC1=O)C2=O. The molecule has 7 nitrogen and oxygen atoms in total. The van der Waals surface area contributed by atoms with E-state index in [1.54, 1.807) is 4.90 Å². The standard InChI is InChI=1S/C22H28N4O3/c1-22(15-5-6-15)13-23-9-10-25(22)11-14-3-2-4-16-17(14)12-26(21(16)29)18-7-8-19(27)24-20(18)28/h2-4,15,18,23H,5-13H2,1H3,(H,24,27,28). The summed E-state index contributed by atoms with van der Waals surface area (Å²) in [6.07, 6.45) is 3.27. The molecule has 3 heterocycles. The highest BCUT2D eigenvalue weighted by atomic mass is 16.2. The van der Waals surface area contributed by atoms with E-state index >= 15 is 0 Å². The number of imide groups is 1. The molecule has 0 radical (unpaired) electrons. The molecule has 1 saturated carbocycles. The van der Waals surface area contributed by atoms with Crippen LogP contribution in [0.1, 0.15) is 54.1 Å². The molecule has 2 atom stereocenters. The fourth-order valence-corrected chi connectivity index (χ4v) is 5.29. The lowest BCUT2D eigenvalue weighted by Crippen LogP contribution is -2.60. The van der Waals surface area contributed by atoms with Crippen LogP contribution in [-0.4, -0.2) is 58.7 Å². The number of nitrogens with zero attached hydrogens (tertiary/aromatic N) is 2. The van der Waals surface area contributed by atoms with Gasteiger partial charge in [-0.15, -0.1) is 0 Å². The summed E-state index contributed by atoms with van der Waals surface area (Å²) in [5, 5.41) is 5.93. The van der Waals surface area contributed by atoms with E-state index in [0.717, 1.165) is 37.7 Å². The number of amides is 3. The minimum absolute atomic E-state index is 0.0957. The van der Waals surface area contributed by atoms with Gasteiger partial charge in [0.05, 0.1) is 0 Å². The van der Waals surface area contributed by atoms with Crippen LogP contribution >= 0.6 is 0 Å². The van der Waals surface area contributed by atoms with Crippen molar-refractivity contribution in [2.75, 3.05) is 19.6 Å². The Labute approximate surface area is 170 Å². The van der Waals surface area contributed by atoms with Crippen LogP contribution in [0.2, 0.25) is 0 Å². The molecule has 2 unspecified atom stereocenters. The summed E-state index contributed by atoms with van der Waals surface area (Å²) in [4.78, 5) is 41.1. The Hall–Kier alpha value is -2.25. The molecule has 3 aliphatic heterocycles. The van der Waals surface area contributed by atoms with Crippen LogP contribution in [0, 0.1) is 5.92 Å². The van der Waals surface area contributed by atoms with Crippen molar-refractivity contribution < 1.29 is 14.4 Å². The molecule has 3 fully saturated rings. The van der Waals surface area contributed by atoms with Crippen molar-refractivity contribution in [2.24, 2.45) is 5.92 Å². The van der Waals surface area contributed by atoms with Gasteiger partial charge in [0.2, 0.25) is 11.8 Å². The largest absolute Gasteiger partial charge is 0.322 e. The lowest BCUT2D eigenvalue weighted by atomic mass is 9.90. The Bertz CT molecular complexity index is 881. The molecule has 0 spiro atoms. The Balaban J connectivity index is 1.39. The number of carbonyl (C=O) groups is 3. The van der Waals surface area contributed by atoms with Crippen LogP contribution in [0.3, 0.4) is 0 Å². The minimum atomic E-state index is -0.559. The van der Waals surface area contributed by atoms with Gasteiger partial charge in [-0.25, -0.2) is 0 Å². The highest BCUT2D eigenvalue weighted by Gasteiger charge is 2.47. The summed E-state index contributed by atoms with van der Waals surface area (Å²) in [7, 11) is 0. The number of nitrogens with one attached hydrogen (secondary N) is 2. The second-order valence-electron chi connectivity index (χ2n) is 9.07. The minimum Gasteiger partial charge on any atom is -0.322 e. The third-order valence-electron chi connectivity index (χ3n) is 7.26. The number of benzene rings is 1. The van der Waals surface area contributed by atoms with Gasteiger partial charge >= 0.3 is 0 Å². The first-order chi connectivity index (χ1) is 14.0. The third kappa shape index (κ3) is 3.16. The summed E-state index contributed by atoms with van der Waals surface area (Å²) < 4.78 is 0. The van der Waals surface area contributed by atoms with Gasteiger partial charge in [0.1, 0.15) is 6.04 Å². The Morgan fingerprint density at radius 2 is 2.00 bits per heavy atom. The average molecular weight is 396 g/mol. The lowest BCUT2D eigenvalue weighted by Gasteiger charge is -2.46. The second kappa shape index (κ2) is 6.92. The zero-order valence-electron chi connectivity index (χ0n) is 16.9. The van der Waals surface area contributed by atoms with Crippen molar-refractivity contribution in [3.63, 3.8) is 0 Å². The van der Waals surface area contributed by atoms with Crippen LogP contribution in [0.4, 0.5) is 0 Å². The molecule has 4 aliphatic rings. The zero-order valence-corrected chi connectivity index (χ0v) is 16.9. The predicted octanol–water partition coefficient (Wildman–Crippen LogP) is 1.02. The molecule has 5 rings (SSSR count). The van der Waals surface area contributed by atoms with E-state index in [1.807, 2.05) is 12.1 Å². The van der Waals surface area contributed by atoms with E-state index < -0.39 is 6.04 Å². The van der Waals surface area contributed by atoms with Crippen molar-refractivity contribution >= 4 is 17.7 Å². The van der Waals surface area contributed by atoms with Crippen LogP contribution < -0.4 is 10.6 Å². The van der Waals surface area contributed by atoms with Crippen LogP contribution in [0.25, 0.3) is 0 Å². The molecular formula is C22H28N4O3. The molecule has 0 bridgehead atoms. The van der Waals surface area contributed by atoms with E-state index in [2.05, 4.69) is 28.5 Å². The Kier molecular flexibility index (Phi) is 4.47. The second-order valence-corrected chi connectivity index (χ2v) is 9.07. The molecule has 1 aliphatic carbocycles. The fourth-order valence-electron chi connectivity index (χ4n) is 5.29. The summed E-state index contributed by atoms with van der Waals surface area (Å²) in [6, 6.07) is 5.38. The highest BCUT2D eigenvalue weighted by molar-refractivity contribution is 6.05. The van der Waals surface area contributed by atoms with Gasteiger partial charge in [-0.1, -0.05) is 12.1 Å². The normalized spacial score (nSPS) is 30.4. The molecule has 29 heavy (non-hydrogen) atoms. The predicted molar refractivity (Wildman–Crippen MR) is 107 cm³/mol. The first-order valence-electron chi connectivity index (χ1n) is 10.7. The van der Waals surface area contributed by atoms with Crippen LogP contribution in [-0.2, 0) is 22.7 Å². The monoisotopic (exact) mass is 396 g/mol. The summed E-state index contributed by atoms with van der Waals surface area (Å²) >= 11 is 0. The number of hydrogen-bond donors (Lipinski definition) is 2. The van der Waals surface area contributed by atoms with Crippen molar-refractivity contribution in [2.45, 2.75) is 57.3 Å². The molecule has 2 saturated heterocycles. The van der Waals surface area contributed by atoms with E-state index in [0.29, 0.717) is 18.5 Å². The highest BCUT2D eigenvalue weighted by Crippen LogP contribution is 2.44. The Morgan fingerprint density at radius 3 is 2.76 bits per heavy atom. The van der Waals surface area contributed by atoms with Gasteiger partial charge in [-0.3, -0.25) is 24.6 Å². The number of piperidine rings is 1. The topological polar surface area (TPSA) is 81.8 Å². The fraction of sp³-hybridized carbons (Fsp3) is 0.591. The number of fused-ring (bicyclic) bond motifs is 1. The van der Waals surface area contributed by atoms with Crippen molar-refractivity contribution in [3.8, 4) is 0 Å². The molecule has 7 heteroatoms. The van der Waals surface area contributed by atoms with Gasteiger partial charge in [0.15, 0.2) is 0 Å².